The van der Waals surface area contributed by atoms with Crippen LogP contribution < -0.4 is 0 Å². The van der Waals surface area contributed by atoms with Gasteiger partial charge in [-0.15, -0.1) is 0 Å². The van der Waals surface area contributed by atoms with E-state index in [9.17, 15) is 4.79 Å². The fourth-order valence-corrected chi connectivity index (χ4v) is 2.74. The first-order valence-corrected chi connectivity index (χ1v) is 6.96. The molecule has 108 valence electrons. The Kier molecular flexibility index (Phi) is 4.73. The molecule has 21 heavy (non-hydrogen) atoms. The number of carbonyl (C=O) groups excluding carboxylic acids is 1. The third kappa shape index (κ3) is 2.96. The lowest BCUT2D eigenvalue weighted by Gasteiger charge is -2.30. The van der Waals surface area contributed by atoms with Crippen LogP contribution in [0.4, 0.5) is 0 Å². The molecule has 1 unspecified atom stereocenters. The number of aromatic nitrogens is 1. The van der Waals surface area contributed by atoms with Crippen molar-refractivity contribution in [3.05, 3.63) is 35.7 Å². The minimum absolute atomic E-state index is 0.288. The zero-order chi connectivity index (χ0) is 15.4. The summed E-state index contributed by atoms with van der Waals surface area (Å²) in [7, 11) is 0. The number of hydrogen-bond acceptors (Lipinski definition) is 5. The molecule has 0 radical (unpaired) electrons. The zero-order valence-electron chi connectivity index (χ0n) is 11.8. The Balaban J connectivity index is 2.57. The van der Waals surface area contributed by atoms with Crippen LogP contribution in [0.1, 0.15) is 25.3 Å². The van der Waals surface area contributed by atoms with Crippen molar-refractivity contribution < 1.29 is 9.53 Å². The van der Waals surface area contributed by atoms with Crippen molar-refractivity contribution >= 4 is 34.8 Å². The molecule has 0 fully saturated rings. The van der Waals surface area contributed by atoms with E-state index in [0.717, 1.165) is 5.56 Å². The average molecular weight is 301 g/mol. The second kappa shape index (κ2) is 6.52. The summed E-state index contributed by atoms with van der Waals surface area (Å²) >= 11 is 5.20. The van der Waals surface area contributed by atoms with Crippen molar-refractivity contribution in [1.82, 2.24) is 4.98 Å². The number of nitrogens with zero attached hydrogens (tertiary/aromatic N) is 2. The van der Waals surface area contributed by atoms with Gasteiger partial charge in [0.05, 0.1) is 12.2 Å². The predicted molar refractivity (Wildman–Crippen MR) is 84.0 cm³/mol. The number of aliphatic imine (C=N–C) groups is 1. The molecule has 0 amide bonds. The molecule has 1 N–H and O–H groups in total. The molecule has 0 bridgehead atoms. The van der Waals surface area contributed by atoms with Crippen molar-refractivity contribution in [2.75, 3.05) is 6.61 Å². The Morgan fingerprint density at radius 3 is 2.90 bits per heavy atom. The Labute approximate surface area is 128 Å². The van der Waals surface area contributed by atoms with Gasteiger partial charge in [-0.2, -0.15) is 0 Å². The summed E-state index contributed by atoms with van der Waals surface area (Å²) < 4.78 is 5.15. The van der Waals surface area contributed by atoms with E-state index in [1.807, 2.05) is 6.07 Å². The van der Waals surface area contributed by atoms with Gasteiger partial charge in [0.2, 0.25) is 0 Å². The van der Waals surface area contributed by atoms with Gasteiger partial charge in [0.25, 0.3) is 0 Å². The Bertz CT molecular complexity index is 648. The van der Waals surface area contributed by atoms with E-state index in [0.29, 0.717) is 11.3 Å². The lowest BCUT2D eigenvalue weighted by Crippen LogP contribution is -2.36. The summed E-state index contributed by atoms with van der Waals surface area (Å²) in [6.07, 6.45) is 3.31. The largest absolute Gasteiger partial charge is 0.465 e. The van der Waals surface area contributed by atoms with Crippen LogP contribution in [0.2, 0.25) is 0 Å². The number of hydrogen-bond donors (Lipinski definition) is 1. The molecule has 5 nitrogen and oxygen atoms in total. The minimum atomic E-state index is -0.603. The van der Waals surface area contributed by atoms with Gasteiger partial charge in [-0.1, -0.05) is 18.3 Å². The van der Waals surface area contributed by atoms with Gasteiger partial charge in [-0.25, -0.2) is 4.99 Å². The third-order valence-corrected chi connectivity index (χ3v) is 3.63. The maximum absolute atomic E-state index is 12.3. The molecule has 1 aliphatic heterocycles. The van der Waals surface area contributed by atoms with Gasteiger partial charge in [-0.05, 0) is 31.3 Å². The van der Waals surface area contributed by atoms with E-state index in [4.69, 9.17) is 22.4 Å². The second-order valence-corrected chi connectivity index (χ2v) is 4.98. The summed E-state index contributed by atoms with van der Waals surface area (Å²) in [5, 5.41) is 7.49. The van der Waals surface area contributed by atoms with E-state index >= 15 is 0 Å². The highest BCUT2D eigenvalue weighted by Gasteiger charge is 2.40. The number of thiocarbonyl (C=S) groups is 1. The molecule has 0 saturated carbocycles. The van der Waals surface area contributed by atoms with E-state index in [-0.39, 0.29) is 17.6 Å². The first-order valence-electron chi connectivity index (χ1n) is 6.55. The number of esters is 1. The summed E-state index contributed by atoms with van der Waals surface area (Å²) in [6, 6.07) is 3.63. The van der Waals surface area contributed by atoms with E-state index in [1.54, 1.807) is 32.3 Å². The van der Waals surface area contributed by atoms with Crippen molar-refractivity contribution in [3.8, 4) is 0 Å². The normalized spacial score (nSPS) is 21.5. The van der Waals surface area contributed by atoms with Gasteiger partial charge in [-0.3, -0.25) is 15.2 Å². The maximum atomic E-state index is 12.3. The summed E-state index contributed by atoms with van der Waals surface area (Å²) in [5.41, 5.74) is 1.80. The van der Waals surface area contributed by atoms with E-state index in [1.165, 1.54) is 0 Å². The van der Waals surface area contributed by atoms with Crippen LogP contribution >= 0.6 is 12.2 Å². The van der Waals surface area contributed by atoms with Gasteiger partial charge in [0.15, 0.2) is 0 Å². The monoisotopic (exact) mass is 301 g/mol. The molecule has 1 aromatic rings. The molecule has 1 aliphatic rings. The van der Waals surface area contributed by atoms with Crippen molar-refractivity contribution in [3.63, 3.8) is 0 Å². The molecule has 2 heterocycles. The van der Waals surface area contributed by atoms with Crippen LogP contribution in [0.5, 0.6) is 0 Å². The van der Waals surface area contributed by atoms with Gasteiger partial charge in [0.1, 0.15) is 10.9 Å². The SMILES string of the molecule is CCOC(=O)C1C(C)=NC(=S)C(=C=N)[C@@H]1c1cccnc1. The lowest BCUT2D eigenvalue weighted by molar-refractivity contribution is -0.145. The van der Waals surface area contributed by atoms with E-state index in [2.05, 4.69) is 15.8 Å². The quantitative estimate of drug-likeness (QED) is 0.402. The predicted octanol–water partition coefficient (Wildman–Crippen LogP) is 2.32. The smallest absolute Gasteiger partial charge is 0.315 e. The third-order valence-electron chi connectivity index (χ3n) is 3.32. The Morgan fingerprint density at radius 1 is 1.57 bits per heavy atom. The van der Waals surface area contributed by atoms with Crippen LogP contribution in [-0.2, 0) is 9.53 Å². The number of carbonyl (C=O) groups is 1. The fourth-order valence-electron chi connectivity index (χ4n) is 2.42. The molecular formula is C15H15N3O2S. The summed E-state index contributed by atoms with van der Waals surface area (Å²) in [4.78, 5) is 20.9. The van der Waals surface area contributed by atoms with Crippen LogP contribution in [-0.4, -0.2) is 34.1 Å². The number of nitrogens with one attached hydrogen (secondary N) is 1. The van der Waals surface area contributed by atoms with Crippen molar-refractivity contribution in [2.24, 2.45) is 10.9 Å². The molecule has 0 aromatic carbocycles. The molecular weight excluding hydrogens is 286 g/mol. The average Bonchev–Trinajstić information content (AvgIpc) is 2.47. The highest BCUT2D eigenvalue weighted by atomic mass is 32.1. The number of pyridine rings is 1. The Hall–Kier alpha value is -2.17. The standard InChI is InChI=1S/C15H15N3O2S/c1-3-20-15(19)12-9(2)18-14(21)11(7-16)13(12)10-5-4-6-17-8-10/h4-6,8,12-13,16H,3H2,1-2H3/t12?,13-/m0/s1. The van der Waals surface area contributed by atoms with Crippen LogP contribution in [0.25, 0.3) is 0 Å². The van der Waals surface area contributed by atoms with Crippen LogP contribution in [0.15, 0.2) is 35.1 Å². The van der Waals surface area contributed by atoms with Gasteiger partial charge < -0.3 is 4.74 Å². The van der Waals surface area contributed by atoms with Gasteiger partial charge in [0, 0.05) is 24.0 Å². The first kappa shape index (κ1) is 15.2. The molecule has 0 aliphatic carbocycles. The molecule has 2 rings (SSSR count). The van der Waals surface area contributed by atoms with Gasteiger partial charge >= 0.3 is 5.97 Å². The molecule has 0 spiro atoms. The zero-order valence-corrected chi connectivity index (χ0v) is 12.6. The molecule has 2 atom stereocenters. The van der Waals surface area contributed by atoms with E-state index < -0.39 is 11.8 Å². The highest BCUT2D eigenvalue weighted by Crippen LogP contribution is 2.36. The summed E-state index contributed by atoms with van der Waals surface area (Å²) in [6.45, 7) is 3.79. The molecule has 6 heteroatoms. The fraction of sp³-hybridized carbons (Fsp3) is 0.333. The Morgan fingerprint density at radius 2 is 2.33 bits per heavy atom. The topological polar surface area (TPSA) is 75.4 Å². The number of ether oxygens (including phenoxy) is 1. The second-order valence-electron chi connectivity index (χ2n) is 4.59. The highest BCUT2D eigenvalue weighted by molar-refractivity contribution is 7.80. The molecule has 1 aromatic heterocycles. The first-order chi connectivity index (χ1) is 10.1. The maximum Gasteiger partial charge on any atom is 0.315 e. The van der Waals surface area contributed by atoms with Crippen LogP contribution in [0.3, 0.4) is 0 Å². The van der Waals surface area contributed by atoms with Crippen LogP contribution in [0, 0.1) is 11.3 Å². The summed E-state index contributed by atoms with van der Waals surface area (Å²) in [5.74, 6) is 0.927. The minimum Gasteiger partial charge on any atom is -0.465 e. The number of rotatable bonds is 3. The van der Waals surface area contributed by atoms with Crippen molar-refractivity contribution in [2.45, 2.75) is 19.8 Å². The molecule has 0 saturated heterocycles. The lowest BCUT2D eigenvalue weighted by atomic mass is 9.77. The van der Waals surface area contributed by atoms with Crippen molar-refractivity contribution in [1.29, 1.82) is 5.41 Å².